The van der Waals surface area contributed by atoms with Crippen molar-refractivity contribution >= 4 is 28.5 Å². The number of halogens is 1. The number of aliphatic hydroxyl groups excluding tert-OH is 1. The highest BCUT2D eigenvalue weighted by Gasteiger charge is 2.22. The number of ether oxygens (including phenoxy) is 1. The van der Waals surface area contributed by atoms with Crippen LogP contribution >= 0.6 is 11.6 Å². The van der Waals surface area contributed by atoms with Crippen LogP contribution in [0.4, 0.5) is 5.69 Å². The number of anilines is 1. The molecule has 0 aliphatic rings. The quantitative estimate of drug-likeness (QED) is 0.413. The Hall–Kier alpha value is -3.56. The van der Waals surface area contributed by atoms with Crippen molar-refractivity contribution in [2.45, 2.75) is 19.5 Å². The van der Waals surface area contributed by atoms with E-state index < -0.39 is 11.2 Å². The molecule has 9 nitrogen and oxygen atoms in total. The number of rotatable bonds is 7. The first kappa shape index (κ1) is 21.7. The van der Waals surface area contributed by atoms with E-state index in [4.69, 9.17) is 22.1 Å². The van der Waals surface area contributed by atoms with Crippen molar-refractivity contribution in [3.8, 4) is 11.8 Å². The standard InChI is InChI=1S/C22H22ClN5O4/c1-26-19-18(20(30)27(22(26)31)10-3-11-29)28(13-14-6-8-15(23)9-7-14)21(25-19)32-17-5-2-4-16(24)12-17/h2,4-9,12,29H,3,10-11,13,24H2,1H3. The number of nitrogens with two attached hydrogens (primary N) is 1. The molecule has 0 aliphatic carbocycles. The molecule has 0 radical (unpaired) electrons. The zero-order valence-electron chi connectivity index (χ0n) is 17.4. The molecule has 2 aromatic heterocycles. The van der Waals surface area contributed by atoms with Crippen molar-refractivity contribution in [2.75, 3.05) is 12.3 Å². The van der Waals surface area contributed by atoms with Crippen LogP contribution < -0.4 is 21.7 Å². The summed E-state index contributed by atoms with van der Waals surface area (Å²) in [7, 11) is 1.55. The lowest BCUT2D eigenvalue weighted by Gasteiger charge is -2.11. The third kappa shape index (κ3) is 4.12. The maximum Gasteiger partial charge on any atom is 0.332 e. The largest absolute Gasteiger partial charge is 0.425 e. The zero-order chi connectivity index (χ0) is 22.8. The predicted octanol–water partition coefficient (Wildman–Crippen LogP) is 2.36. The molecule has 0 fully saturated rings. The molecule has 0 unspecified atom stereocenters. The van der Waals surface area contributed by atoms with E-state index in [1.165, 1.54) is 4.57 Å². The van der Waals surface area contributed by atoms with Gasteiger partial charge in [0.15, 0.2) is 11.2 Å². The van der Waals surface area contributed by atoms with Gasteiger partial charge in [-0.25, -0.2) is 4.79 Å². The van der Waals surface area contributed by atoms with Gasteiger partial charge in [-0.05, 0) is 36.2 Å². The van der Waals surface area contributed by atoms with Gasteiger partial charge in [-0.2, -0.15) is 4.98 Å². The molecule has 0 saturated heterocycles. The van der Waals surface area contributed by atoms with Crippen LogP contribution in [0, 0.1) is 0 Å². The van der Waals surface area contributed by atoms with Gasteiger partial charge in [0.05, 0.1) is 6.54 Å². The summed E-state index contributed by atoms with van der Waals surface area (Å²) in [6.45, 7) is 0.218. The average molecular weight is 456 g/mol. The number of aliphatic hydroxyl groups is 1. The third-order valence-corrected chi connectivity index (χ3v) is 5.31. The minimum Gasteiger partial charge on any atom is -0.425 e. The van der Waals surface area contributed by atoms with E-state index in [0.29, 0.717) is 16.5 Å². The van der Waals surface area contributed by atoms with Crippen LogP contribution in [0.25, 0.3) is 11.2 Å². The molecule has 4 rings (SSSR count). The molecular formula is C22H22ClN5O4. The summed E-state index contributed by atoms with van der Waals surface area (Å²) in [5, 5.41) is 9.76. The molecular weight excluding hydrogens is 434 g/mol. The Morgan fingerprint density at radius 1 is 1.12 bits per heavy atom. The van der Waals surface area contributed by atoms with Crippen LogP contribution in [0.15, 0.2) is 58.1 Å². The second-order valence-corrected chi connectivity index (χ2v) is 7.77. The SMILES string of the molecule is Cn1c(=O)n(CCCO)c(=O)c2c1nc(Oc1cccc(N)c1)n2Cc1ccc(Cl)cc1. The molecule has 2 aromatic carbocycles. The fourth-order valence-corrected chi connectivity index (χ4v) is 3.58. The van der Waals surface area contributed by atoms with Crippen molar-refractivity contribution in [1.29, 1.82) is 0 Å². The average Bonchev–Trinajstić information content (AvgIpc) is 3.12. The molecule has 0 spiro atoms. The van der Waals surface area contributed by atoms with Gasteiger partial charge in [0, 0.05) is 37.0 Å². The van der Waals surface area contributed by atoms with Crippen LogP contribution in [0.5, 0.6) is 11.8 Å². The second kappa shape index (κ2) is 8.89. The number of nitrogens with zero attached hydrogens (tertiary/aromatic N) is 4. The number of benzene rings is 2. The minimum atomic E-state index is -0.511. The van der Waals surface area contributed by atoms with E-state index in [1.807, 2.05) is 12.1 Å². The summed E-state index contributed by atoms with van der Waals surface area (Å²) in [6.07, 6.45) is 0.276. The predicted molar refractivity (Wildman–Crippen MR) is 122 cm³/mol. The molecule has 0 aliphatic heterocycles. The second-order valence-electron chi connectivity index (χ2n) is 7.33. The molecule has 3 N–H and O–H groups in total. The van der Waals surface area contributed by atoms with E-state index in [2.05, 4.69) is 4.98 Å². The fraction of sp³-hybridized carbons (Fsp3) is 0.227. The topological polar surface area (TPSA) is 117 Å². The molecule has 166 valence electrons. The van der Waals surface area contributed by atoms with Crippen molar-refractivity contribution < 1.29 is 9.84 Å². The Balaban J connectivity index is 1.93. The van der Waals surface area contributed by atoms with Gasteiger partial charge in [0.1, 0.15) is 5.75 Å². The highest BCUT2D eigenvalue weighted by Crippen LogP contribution is 2.26. The molecule has 2 heterocycles. The van der Waals surface area contributed by atoms with Gasteiger partial charge in [-0.1, -0.05) is 29.8 Å². The Morgan fingerprint density at radius 3 is 2.56 bits per heavy atom. The minimum absolute atomic E-state index is 0.0927. The van der Waals surface area contributed by atoms with Crippen molar-refractivity contribution in [3.63, 3.8) is 0 Å². The first-order chi connectivity index (χ1) is 15.4. The van der Waals surface area contributed by atoms with Crippen LogP contribution in [0.3, 0.4) is 0 Å². The lowest BCUT2D eigenvalue weighted by Crippen LogP contribution is -2.39. The lowest BCUT2D eigenvalue weighted by molar-refractivity contribution is 0.277. The van der Waals surface area contributed by atoms with E-state index in [0.717, 1.165) is 10.1 Å². The number of nitrogen functional groups attached to an aromatic ring is 1. The summed E-state index contributed by atoms with van der Waals surface area (Å²) in [5.74, 6) is 0.447. The monoisotopic (exact) mass is 455 g/mol. The lowest BCUT2D eigenvalue weighted by atomic mass is 10.2. The number of aryl methyl sites for hydroxylation is 1. The first-order valence-corrected chi connectivity index (χ1v) is 10.4. The van der Waals surface area contributed by atoms with Gasteiger partial charge in [0.2, 0.25) is 0 Å². The van der Waals surface area contributed by atoms with Crippen molar-refractivity contribution in [1.82, 2.24) is 18.7 Å². The third-order valence-electron chi connectivity index (χ3n) is 5.06. The highest BCUT2D eigenvalue weighted by atomic mass is 35.5. The maximum atomic E-state index is 13.3. The van der Waals surface area contributed by atoms with Gasteiger partial charge < -0.3 is 15.6 Å². The van der Waals surface area contributed by atoms with E-state index in [1.54, 1.807) is 48.0 Å². The number of hydrogen-bond donors (Lipinski definition) is 2. The molecule has 0 saturated carbocycles. The summed E-state index contributed by atoms with van der Waals surface area (Å²) < 4.78 is 10.0. The highest BCUT2D eigenvalue weighted by molar-refractivity contribution is 6.30. The van der Waals surface area contributed by atoms with Gasteiger partial charge in [-0.3, -0.25) is 18.5 Å². The molecule has 0 amide bonds. The van der Waals surface area contributed by atoms with Crippen molar-refractivity contribution in [3.05, 3.63) is 80.0 Å². The Labute approximate surface area is 187 Å². The van der Waals surface area contributed by atoms with Crippen LogP contribution in [-0.4, -0.2) is 30.4 Å². The van der Waals surface area contributed by atoms with Crippen LogP contribution in [0.2, 0.25) is 5.02 Å². The smallest absolute Gasteiger partial charge is 0.332 e. The molecule has 10 heteroatoms. The van der Waals surface area contributed by atoms with E-state index in [9.17, 15) is 14.7 Å². The van der Waals surface area contributed by atoms with Crippen molar-refractivity contribution in [2.24, 2.45) is 7.05 Å². The van der Waals surface area contributed by atoms with Crippen LogP contribution in [-0.2, 0) is 20.1 Å². The number of fused-ring (bicyclic) bond motifs is 1. The first-order valence-electron chi connectivity index (χ1n) is 9.98. The number of aromatic nitrogens is 4. The summed E-state index contributed by atoms with van der Waals surface area (Å²) >= 11 is 6.01. The van der Waals surface area contributed by atoms with Gasteiger partial charge in [-0.15, -0.1) is 0 Å². The van der Waals surface area contributed by atoms with Crippen LogP contribution in [0.1, 0.15) is 12.0 Å². The molecule has 32 heavy (non-hydrogen) atoms. The molecule has 4 aromatic rings. The van der Waals surface area contributed by atoms with Gasteiger partial charge in [0.25, 0.3) is 5.56 Å². The number of imidazole rings is 1. The molecule has 0 atom stereocenters. The summed E-state index contributed by atoms with van der Waals surface area (Å²) in [6, 6.07) is 14.2. The summed E-state index contributed by atoms with van der Waals surface area (Å²) in [5.41, 5.74) is 6.65. The Kier molecular flexibility index (Phi) is 6.02. The summed E-state index contributed by atoms with van der Waals surface area (Å²) in [4.78, 5) is 30.5. The normalized spacial score (nSPS) is 11.2. The number of hydrogen-bond acceptors (Lipinski definition) is 6. The zero-order valence-corrected chi connectivity index (χ0v) is 18.1. The molecule has 0 bridgehead atoms. The Morgan fingerprint density at radius 2 is 1.88 bits per heavy atom. The van der Waals surface area contributed by atoms with E-state index in [-0.39, 0.29) is 43.3 Å². The fourth-order valence-electron chi connectivity index (χ4n) is 3.46. The maximum absolute atomic E-state index is 13.3. The van der Waals surface area contributed by atoms with Gasteiger partial charge >= 0.3 is 11.7 Å². The van der Waals surface area contributed by atoms with E-state index >= 15 is 0 Å². The Bertz CT molecular complexity index is 1390.